The number of rotatable bonds is 7. The third kappa shape index (κ3) is 4.06. The van der Waals surface area contributed by atoms with Gasteiger partial charge in [0.05, 0.1) is 0 Å². The van der Waals surface area contributed by atoms with Crippen molar-refractivity contribution >= 4 is 34.7 Å². The van der Waals surface area contributed by atoms with Crippen LogP contribution < -0.4 is 10.6 Å². The number of aliphatic imine (C=N–C) groups is 2. The molecule has 1 atom stereocenters. The minimum Gasteiger partial charge on any atom is -0.293 e. The molecule has 2 N–H and O–H groups in total. The number of amides is 3. The first-order chi connectivity index (χ1) is 9.70. The summed E-state index contributed by atoms with van der Waals surface area (Å²) in [7, 11) is 0. The molecule has 7 heteroatoms. The van der Waals surface area contributed by atoms with Gasteiger partial charge in [-0.25, -0.2) is 14.8 Å². The molecule has 1 fully saturated rings. The molecule has 2 aliphatic heterocycles. The topological polar surface area (TPSA) is 82.9 Å². The van der Waals surface area contributed by atoms with E-state index in [0.717, 1.165) is 12.2 Å². The fourth-order valence-corrected chi connectivity index (χ4v) is 2.96. The van der Waals surface area contributed by atoms with E-state index in [9.17, 15) is 9.59 Å². The summed E-state index contributed by atoms with van der Waals surface area (Å²) in [5.41, 5.74) is 0. The molecule has 0 aliphatic carbocycles. The van der Waals surface area contributed by atoms with E-state index in [-0.39, 0.29) is 0 Å². The first-order valence-electron chi connectivity index (χ1n) is 7.11. The Morgan fingerprint density at radius 3 is 2.65 bits per heavy atom. The van der Waals surface area contributed by atoms with Gasteiger partial charge < -0.3 is 0 Å². The van der Waals surface area contributed by atoms with Crippen LogP contribution in [0.2, 0.25) is 0 Å². The summed E-state index contributed by atoms with van der Waals surface area (Å²) < 4.78 is 0. The van der Waals surface area contributed by atoms with E-state index < -0.39 is 18.0 Å². The van der Waals surface area contributed by atoms with E-state index in [0.29, 0.717) is 11.0 Å². The van der Waals surface area contributed by atoms with Crippen LogP contribution in [0, 0.1) is 0 Å². The minimum atomic E-state index is -0.667. The molecule has 2 heterocycles. The van der Waals surface area contributed by atoms with Gasteiger partial charge in [0.25, 0.3) is 5.91 Å². The normalized spacial score (nSPS) is 20.9. The van der Waals surface area contributed by atoms with Crippen molar-refractivity contribution in [1.82, 2.24) is 10.6 Å². The molecule has 1 saturated heterocycles. The first kappa shape index (κ1) is 15.0. The molecule has 20 heavy (non-hydrogen) atoms. The van der Waals surface area contributed by atoms with Crippen molar-refractivity contribution in [1.29, 1.82) is 0 Å². The van der Waals surface area contributed by atoms with Crippen molar-refractivity contribution in [3.05, 3.63) is 0 Å². The highest BCUT2D eigenvalue weighted by atomic mass is 32.2. The third-order valence-corrected chi connectivity index (χ3v) is 4.12. The van der Waals surface area contributed by atoms with Crippen molar-refractivity contribution in [3.8, 4) is 0 Å². The van der Waals surface area contributed by atoms with Crippen LogP contribution in [0.3, 0.4) is 0 Å². The number of carbonyl (C=O) groups excluding carboxylic acids is 2. The molecule has 0 bridgehead atoms. The summed E-state index contributed by atoms with van der Waals surface area (Å²) in [5.74, 6) is 0.899. The Kier molecular flexibility index (Phi) is 5.58. The zero-order chi connectivity index (χ0) is 14.4. The van der Waals surface area contributed by atoms with Gasteiger partial charge in [-0.2, -0.15) is 0 Å². The number of amidine groups is 2. The summed E-state index contributed by atoms with van der Waals surface area (Å²) in [6.07, 6.45) is 7.50. The number of nitrogens with one attached hydrogen (secondary N) is 2. The van der Waals surface area contributed by atoms with Crippen LogP contribution in [0.15, 0.2) is 9.98 Å². The van der Waals surface area contributed by atoms with Gasteiger partial charge >= 0.3 is 6.03 Å². The molecule has 0 spiro atoms. The lowest BCUT2D eigenvalue weighted by atomic mass is 10.1. The van der Waals surface area contributed by atoms with Crippen molar-refractivity contribution in [3.63, 3.8) is 0 Å². The lowest BCUT2D eigenvalue weighted by molar-refractivity contribution is -0.120. The van der Waals surface area contributed by atoms with E-state index in [2.05, 4.69) is 27.5 Å². The fraction of sp³-hybridized carbons (Fsp3) is 0.692. The van der Waals surface area contributed by atoms with Crippen molar-refractivity contribution in [2.45, 2.75) is 51.5 Å². The number of unbranched alkanes of at least 4 members (excludes halogenated alkanes) is 5. The fourth-order valence-electron chi connectivity index (χ4n) is 2.09. The number of fused-ring (bicyclic) bond motifs is 1. The van der Waals surface area contributed by atoms with Crippen molar-refractivity contribution in [2.75, 3.05) is 5.75 Å². The van der Waals surface area contributed by atoms with Crippen molar-refractivity contribution in [2.24, 2.45) is 9.98 Å². The van der Waals surface area contributed by atoms with Gasteiger partial charge in [0.15, 0.2) is 11.2 Å². The number of carbonyl (C=O) groups is 2. The smallest absolute Gasteiger partial charge is 0.293 e. The van der Waals surface area contributed by atoms with E-state index in [1.807, 2.05) is 0 Å². The van der Waals surface area contributed by atoms with Crippen LogP contribution in [0.5, 0.6) is 0 Å². The number of imide groups is 1. The van der Waals surface area contributed by atoms with Gasteiger partial charge in [-0.05, 0) is 6.42 Å². The Bertz CT molecular complexity index is 448. The Labute approximate surface area is 122 Å². The van der Waals surface area contributed by atoms with Gasteiger partial charge in [0.2, 0.25) is 0 Å². The van der Waals surface area contributed by atoms with Crippen LogP contribution in [0.1, 0.15) is 45.4 Å². The largest absolute Gasteiger partial charge is 0.326 e. The second kappa shape index (κ2) is 7.42. The first-order valence-corrected chi connectivity index (χ1v) is 8.10. The zero-order valence-corrected chi connectivity index (χ0v) is 12.5. The summed E-state index contributed by atoms with van der Waals surface area (Å²) in [6.45, 7) is 2.21. The molecule has 6 nitrogen and oxygen atoms in total. The Morgan fingerprint density at radius 1 is 1.10 bits per heavy atom. The molecule has 2 aliphatic rings. The van der Waals surface area contributed by atoms with Gasteiger partial charge in [-0.1, -0.05) is 50.8 Å². The molecule has 0 saturated carbocycles. The second-order valence-corrected chi connectivity index (χ2v) is 5.93. The number of hydrogen-bond donors (Lipinski definition) is 2. The maximum absolute atomic E-state index is 11.5. The number of urea groups is 1. The van der Waals surface area contributed by atoms with E-state index in [4.69, 9.17) is 0 Å². The molecular weight excluding hydrogens is 276 g/mol. The molecule has 0 radical (unpaired) electrons. The molecule has 2 rings (SSSR count). The zero-order valence-electron chi connectivity index (χ0n) is 11.6. The summed E-state index contributed by atoms with van der Waals surface area (Å²) >= 11 is 1.55. The highest BCUT2D eigenvalue weighted by molar-refractivity contribution is 8.13. The standard InChI is InChI=1S/C13H20N4O2S/c1-2-3-4-5-6-7-8-20-13-14-9-10(16-13)15-12(19)17-11(9)18/h9H,2-8H2,1H3,(H2,14,15,16,17,18,19). The van der Waals surface area contributed by atoms with Gasteiger partial charge in [-0.15, -0.1) is 0 Å². The average Bonchev–Trinajstić information content (AvgIpc) is 2.81. The lowest BCUT2D eigenvalue weighted by Gasteiger charge is -2.16. The molecular formula is C13H20N4O2S. The highest BCUT2D eigenvalue weighted by Crippen LogP contribution is 2.18. The molecule has 1 unspecified atom stereocenters. The SMILES string of the molecule is CCCCCCCCSC1=NC2C(=O)NC(=O)NC2=N1. The van der Waals surface area contributed by atoms with E-state index >= 15 is 0 Å². The molecule has 0 aromatic rings. The average molecular weight is 296 g/mol. The Morgan fingerprint density at radius 2 is 1.85 bits per heavy atom. The van der Waals surface area contributed by atoms with Gasteiger partial charge in [0, 0.05) is 5.75 Å². The minimum absolute atomic E-state index is 0.351. The van der Waals surface area contributed by atoms with Crippen LogP contribution in [0.4, 0.5) is 4.79 Å². The number of thioether (sulfide) groups is 1. The van der Waals surface area contributed by atoms with Gasteiger partial charge in [0.1, 0.15) is 5.84 Å². The summed E-state index contributed by atoms with van der Waals surface area (Å²) in [4.78, 5) is 31.1. The maximum atomic E-state index is 11.5. The predicted octanol–water partition coefficient (Wildman–Crippen LogP) is 2.06. The number of nitrogens with zero attached hydrogens (tertiary/aromatic N) is 2. The molecule has 110 valence electrons. The Balaban J connectivity index is 1.68. The van der Waals surface area contributed by atoms with Gasteiger partial charge in [-0.3, -0.25) is 15.4 Å². The number of hydrogen-bond acceptors (Lipinski definition) is 5. The van der Waals surface area contributed by atoms with Crippen molar-refractivity contribution < 1.29 is 9.59 Å². The van der Waals surface area contributed by atoms with Crippen LogP contribution >= 0.6 is 11.8 Å². The monoisotopic (exact) mass is 296 g/mol. The maximum Gasteiger partial charge on any atom is 0.326 e. The predicted molar refractivity (Wildman–Crippen MR) is 81.2 cm³/mol. The highest BCUT2D eigenvalue weighted by Gasteiger charge is 2.36. The Hall–Kier alpha value is -1.37. The quantitative estimate of drug-likeness (QED) is 0.705. The van der Waals surface area contributed by atoms with E-state index in [1.54, 1.807) is 11.8 Å². The van der Waals surface area contributed by atoms with Crippen LogP contribution in [-0.4, -0.2) is 34.7 Å². The summed E-state index contributed by atoms with van der Waals surface area (Å²) in [5, 5.41) is 5.29. The molecule has 3 amide bonds. The summed E-state index contributed by atoms with van der Waals surface area (Å²) in [6, 6.07) is -1.19. The molecule has 0 aromatic carbocycles. The lowest BCUT2D eigenvalue weighted by Crippen LogP contribution is -2.57. The second-order valence-electron chi connectivity index (χ2n) is 4.87. The van der Waals surface area contributed by atoms with E-state index in [1.165, 1.54) is 32.1 Å². The van der Waals surface area contributed by atoms with Crippen LogP contribution in [0.25, 0.3) is 0 Å². The molecule has 0 aromatic heterocycles. The third-order valence-electron chi connectivity index (χ3n) is 3.17. The van der Waals surface area contributed by atoms with Crippen LogP contribution in [-0.2, 0) is 4.79 Å².